The topological polar surface area (TPSA) is 50.7 Å². The minimum Gasteiger partial charge on any atom is -0.363 e. The maximum absolute atomic E-state index is 4.62. The summed E-state index contributed by atoms with van der Waals surface area (Å²) in [6.45, 7) is 2.06. The fraction of sp³-hybridized carbons (Fsp3) is 0.500. The van der Waals surface area contributed by atoms with Crippen LogP contribution in [0.3, 0.4) is 0 Å². The van der Waals surface area contributed by atoms with Crippen LogP contribution in [-0.2, 0) is 0 Å². The van der Waals surface area contributed by atoms with Crippen molar-refractivity contribution in [3.8, 4) is 9.88 Å². The van der Waals surface area contributed by atoms with Gasteiger partial charge < -0.3 is 5.32 Å². The summed E-state index contributed by atoms with van der Waals surface area (Å²) in [7, 11) is 1.87. The first-order valence-electron chi connectivity index (χ1n) is 5.27. The lowest BCUT2D eigenvalue weighted by Crippen LogP contribution is -1.84. The SMILES string of the molecule is CNc1nnc(-c2sc(C)nc2C2CC2)s1. The van der Waals surface area contributed by atoms with Gasteiger partial charge in [-0.3, -0.25) is 0 Å². The molecule has 1 saturated carbocycles. The zero-order valence-corrected chi connectivity index (χ0v) is 10.8. The lowest BCUT2D eigenvalue weighted by atomic mass is 10.2. The Labute approximate surface area is 102 Å². The molecule has 1 fully saturated rings. The molecule has 2 heterocycles. The van der Waals surface area contributed by atoms with Crippen molar-refractivity contribution in [1.82, 2.24) is 15.2 Å². The van der Waals surface area contributed by atoms with Crippen molar-refractivity contribution < 1.29 is 0 Å². The molecule has 84 valence electrons. The highest BCUT2D eigenvalue weighted by atomic mass is 32.1. The van der Waals surface area contributed by atoms with Crippen molar-refractivity contribution in [2.24, 2.45) is 0 Å². The normalized spacial score (nSPS) is 15.4. The molecule has 0 amide bonds. The number of nitrogens with zero attached hydrogens (tertiary/aromatic N) is 3. The summed E-state index contributed by atoms with van der Waals surface area (Å²) >= 11 is 3.32. The first-order chi connectivity index (χ1) is 7.78. The molecule has 2 aromatic heterocycles. The van der Waals surface area contributed by atoms with Crippen LogP contribution in [0, 0.1) is 6.92 Å². The Kier molecular flexibility index (Phi) is 2.40. The molecule has 3 rings (SSSR count). The van der Waals surface area contributed by atoms with Crippen LogP contribution >= 0.6 is 22.7 Å². The second kappa shape index (κ2) is 3.78. The molecule has 2 aromatic rings. The van der Waals surface area contributed by atoms with Gasteiger partial charge >= 0.3 is 0 Å². The number of aromatic nitrogens is 3. The van der Waals surface area contributed by atoms with E-state index in [-0.39, 0.29) is 0 Å². The molecular formula is C10H12N4S2. The molecule has 0 aromatic carbocycles. The van der Waals surface area contributed by atoms with E-state index in [9.17, 15) is 0 Å². The van der Waals surface area contributed by atoms with E-state index in [0.29, 0.717) is 5.92 Å². The molecule has 0 saturated heterocycles. The second-order valence-electron chi connectivity index (χ2n) is 3.88. The van der Waals surface area contributed by atoms with Crippen molar-refractivity contribution in [2.45, 2.75) is 25.7 Å². The Balaban J connectivity index is 2.03. The molecule has 1 aliphatic carbocycles. The smallest absolute Gasteiger partial charge is 0.205 e. The third-order valence-electron chi connectivity index (χ3n) is 2.56. The van der Waals surface area contributed by atoms with Crippen LogP contribution in [0.4, 0.5) is 5.13 Å². The van der Waals surface area contributed by atoms with E-state index in [1.807, 2.05) is 7.05 Å². The van der Waals surface area contributed by atoms with Gasteiger partial charge in [0.2, 0.25) is 5.13 Å². The highest BCUT2D eigenvalue weighted by Crippen LogP contribution is 2.46. The van der Waals surface area contributed by atoms with Crippen molar-refractivity contribution in [2.75, 3.05) is 12.4 Å². The van der Waals surface area contributed by atoms with Crippen LogP contribution in [-0.4, -0.2) is 22.2 Å². The summed E-state index contributed by atoms with van der Waals surface area (Å²) in [6.07, 6.45) is 2.54. The molecule has 0 radical (unpaired) electrons. The standard InChI is InChI=1S/C10H12N4S2/c1-5-12-7(6-3-4-6)8(15-5)9-13-14-10(11-2)16-9/h6H,3-4H2,1-2H3,(H,11,14). The van der Waals surface area contributed by atoms with Gasteiger partial charge in [0.05, 0.1) is 15.6 Å². The maximum atomic E-state index is 4.62. The van der Waals surface area contributed by atoms with Gasteiger partial charge in [-0.1, -0.05) is 11.3 Å². The number of anilines is 1. The van der Waals surface area contributed by atoms with Crippen molar-refractivity contribution in [3.05, 3.63) is 10.7 Å². The van der Waals surface area contributed by atoms with E-state index >= 15 is 0 Å². The molecule has 0 aliphatic heterocycles. The van der Waals surface area contributed by atoms with Gasteiger partial charge in [-0.25, -0.2) is 4.98 Å². The first-order valence-corrected chi connectivity index (χ1v) is 6.90. The fourth-order valence-electron chi connectivity index (χ4n) is 1.65. The van der Waals surface area contributed by atoms with Gasteiger partial charge in [0.25, 0.3) is 0 Å². The third-order valence-corrected chi connectivity index (χ3v) is 4.64. The van der Waals surface area contributed by atoms with E-state index in [0.717, 1.165) is 15.1 Å². The van der Waals surface area contributed by atoms with E-state index in [1.54, 1.807) is 22.7 Å². The van der Waals surface area contributed by atoms with Crippen molar-refractivity contribution in [3.63, 3.8) is 0 Å². The lowest BCUT2D eigenvalue weighted by Gasteiger charge is -1.93. The van der Waals surface area contributed by atoms with Crippen molar-refractivity contribution in [1.29, 1.82) is 0 Å². The summed E-state index contributed by atoms with van der Waals surface area (Å²) in [5, 5.41) is 14.3. The predicted molar refractivity (Wildman–Crippen MR) is 67.3 cm³/mol. The lowest BCUT2D eigenvalue weighted by molar-refractivity contribution is 1.03. The Bertz CT molecular complexity index is 513. The molecule has 6 heteroatoms. The summed E-state index contributed by atoms with van der Waals surface area (Å²) in [5.74, 6) is 0.668. The van der Waals surface area contributed by atoms with Crippen LogP contribution < -0.4 is 5.32 Å². The maximum Gasteiger partial charge on any atom is 0.205 e. The molecule has 1 N–H and O–H groups in total. The summed E-state index contributed by atoms with van der Waals surface area (Å²) < 4.78 is 0. The van der Waals surface area contributed by atoms with Gasteiger partial charge in [-0.2, -0.15) is 0 Å². The van der Waals surface area contributed by atoms with E-state index < -0.39 is 0 Å². The predicted octanol–water partition coefficient (Wildman–Crippen LogP) is 2.89. The van der Waals surface area contributed by atoms with Crippen LogP contribution in [0.5, 0.6) is 0 Å². The largest absolute Gasteiger partial charge is 0.363 e. The van der Waals surface area contributed by atoms with Gasteiger partial charge in [0.15, 0.2) is 5.01 Å². The quantitative estimate of drug-likeness (QED) is 0.912. The summed E-state index contributed by atoms with van der Waals surface area (Å²) in [4.78, 5) is 5.84. The Morgan fingerprint density at radius 3 is 2.69 bits per heavy atom. The average molecular weight is 252 g/mol. The molecule has 0 spiro atoms. The third kappa shape index (κ3) is 1.72. The first kappa shape index (κ1) is 10.2. The van der Waals surface area contributed by atoms with Gasteiger partial charge in [-0.05, 0) is 19.8 Å². The Morgan fingerprint density at radius 2 is 2.06 bits per heavy atom. The van der Waals surface area contributed by atoms with Crippen LogP contribution in [0.2, 0.25) is 0 Å². The second-order valence-corrected chi connectivity index (χ2v) is 6.06. The number of aryl methyl sites for hydroxylation is 1. The van der Waals surface area contributed by atoms with Crippen LogP contribution in [0.1, 0.15) is 29.5 Å². The number of rotatable bonds is 3. The zero-order chi connectivity index (χ0) is 11.1. The van der Waals surface area contributed by atoms with E-state index in [4.69, 9.17) is 0 Å². The fourth-order valence-corrected chi connectivity index (χ4v) is 3.43. The highest BCUT2D eigenvalue weighted by molar-refractivity contribution is 7.23. The van der Waals surface area contributed by atoms with Gasteiger partial charge in [0, 0.05) is 13.0 Å². The number of thiazole rings is 1. The summed E-state index contributed by atoms with van der Waals surface area (Å²) in [5.41, 5.74) is 1.24. The Hall–Kier alpha value is -1.01. The monoisotopic (exact) mass is 252 g/mol. The number of nitrogens with one attached hydrogen (secondary N) is 1. The van der Waals surface area contributed by atoms with E-state index in [2.05, 4.69) is 27.4 Å². The molecule has 1 aliphatic rings. The minimum atomic E-state index is 0.668. The molecule has 0 unspecified atom stereocenters. The highest BCUT2D eigenvalue weighted by Gasteiger charge is 2.30. The van der Waals surface area contributed by atoms with Crippen molar-refractivity contribution >= 4 is 27.8 Å². The summed E-state index contributed by atoms with van der Waals surface area (Å²) in [6, 6.07) is 0. The van der Waals surface area contributed by atoms with Gasteiger partial charge in [0.1, 0.15) is 0 Å². The van der Waals surface area contributed by atoms with Crippen LogP contribution in [0.25, 0.3) is 9.88 Å². The minimum absolute atomic E-state index is 0.668. The average Bonchev–Trinajstić information content (AvgIpc) is 2.88. The number of hydrogen-bond donors (Lipinski definition) is 1. The van der Waals surface area contributed by atoms with E-state index in [1.165, 1.54) is 23.4 Å². The molecule has 16 heavy (non-hydrogen) atoms. The van der Waals surface area contributed by atoms with Gasteiger partial charge in [-0.15, -0.1) is 21.5 Å². The molecule has 0 bridgehead atoms. The Morgan fingerprint density at radius 1 is 1.25 bits per heavy atom. The molecule has 0 atom stereocenters. The van der Waals surface area contributed by atoms with Crippen LogP contribution in [0.15, 0.2) is 0 Å². The number of hydrogen-bond acceptors (Lipinski definition) is 6. The zero-order valence-electron chi connectivity index (χ0n) is 9.15. The molecule has 4 nitrogen and oxygen atoms in total. The molecular weight excluding hydrogens is 240 g/mol.